The molecule has 2 atom stereocenters. The Balaban J connectivity index is 2.70. The van der Waals surface area contributed by atoms with Crippen LogP contribution in [0.15, 0.2) is 16.5 Å². The van der Waals surface area contributed by atoms with E-state index in [4.69, 9.17) is 10.2 Å². The summed E-state index contributed by atoms with van der Waals surface area (Å²) in [6.45, 7) is 0. The van der Waals surface area contributed by atoms with Gasteiger partial charge in [0, 0.05) is 0 Å². The predicted molar refractivity (Wildman–Crippen MR) is 48.9 cm³/mol. The third kappa shape index (κ3) is 2.90. The van der Waals surface area contributed by atoms with Crippen LogP contribution in [0.2, 0.25) is 0 Å². The highest BCUT2D eigenvalue weighted by molar-refractivity contribution is 5.74. The van der Waals surface area contributed by atoms with Crippen LogP contribution in [0, 0.1) is 0 Å². The molecule has 0 fully saturated rings. The van der Waals surface area contributed by atoms with Gasteiger partial charge in [-0.2, -0.15) is 0 Å². The lowest BCUT2D eigenvalue weighted by atomic mass is 10.1. The van der Waals surface area contributed by atoms with Crippen molar-refractivity contribution in [2.75, 3.05) is 0 Å². The molecule has 2 unspecified atom stereocenters. The van der Waals surface area contributed by atoms with Crippen LogP contribution < -0.4 is 5.73 Å². The average Bonchev–Trinajstić information content (AvgIpc) is 2.63. The van der Waals surface area contributed by atoms with Crippen molar-refractivity contribution in [3.63, 3.8) is 0 Å². The van der Waals surface area contributed by atoms with Gasteiger partial charge in [0.2, 0.25) is 5.91 Å². The van der Waals surface area contributed by atoms with Gasteiger partial charge in [0.25, 0.3) is 0 Å². The third-order valence-corrected chi connectivity index (χ3v) is 1.83. The number of aliphatic hydroxyl groups excluding tert-OH is 2. The van der Waals surface area contributed by atoms with Crippen molar-refractivity contribution in [1.29, 1.82) is 0 Å². The summed E-state index contributed by atoms with van der Waals surface area (Å²) in [6, 6.07) is 2.70. The Morgan fingerprint density at radius 1 is 1.53 bits per heavy atom. The summed E-state index contributed by atoms with van der Waals surface area (Å²) in [4.78, 5) is 20.7. The molecule has 6 heteroatoms. The quantitative estimate of drug-likeness (QED) is 0.563. The van der Waals surface area contributed by atoms with Crippen molar-refractivity contribution in [1.82, 2.24) is 0 Å². The van der Waals surface area contributed by atoms with Crippen LogP contribution in [0.25, 0.3) is 0 Å². The zero-order valence-corrected chi connectivity index (χ0v) is 7.79. The number of hydrogen-bond donors (Lipinski definition) is 3. The predicted octanol–water partition coefficient (Wildman–Crippen LogP) is -0.638. The second-order valence-electron chi connectivity index (χ2n) is 3.04. The van der Waals surface area contributed by atoms with Gasteiger partial charge in [0.15, 0.2) is 12.0 Å². The Hall–Kier alpha value is -1.66. The lowest BCUT2D eigenvalue weighted by Gasteiger charge is -2.13. The van der Waals surface area contributed by atoms with Crippen molar-refractivity contribution in [2.24, 2.45) is 5.73 Å². The van der Waals surface area contributed by atoms with Gasteiger partial charge in [-0.05, 0) is 12.1 Å². The number of nitrogens with two attached hydrogens (primary N) is 1. The molecule has 0 aliphatic carbocycles. The zero-order chi connectivity index (χ0) is 11.4. The summed E-state index contributed by atoms with van der Waals surface area (Å²) >= 11 is 0. The maximum atomic E-state index is 10.5. The molecule has 0 aliphatic rings. The number of carbonyl (C=O) groups is 2. The van der Waals surface area contributed by atoms with Gasteiger partial charge in [-0.3, -0.25) is 9.59 Å². The summed E-state index contributed by atoms with van der Waals surface area (Å²) in [5.74, 6) is -0.676. The molecule has 0 saturated carbocycles. The molecule has 0 bridgehead atoms. The number of hydrogen-bond acceptors (Lipinski definition) is 5. The maximum Gasteiger partial charge on any atom is 0.220 e. The molecule has 1 aromatic rings. The number of primary amides is 1. The molecule has 1 amide bonds. The Morgan fingerprint density at radius 2 is 2.20 bits per heavy atom. The highest BCUT2D eigenvalue weighted by atomic mass is 16.4. The van der Waals surface area contributed by atoms with Gasteiger partial charge in [-0.15, -0.1) is 0 Å². The lowest BCUT2D eigenvalue weighted by Crippen LogP contribution is -2.25. The van der Waals surface area contributed by atoms with Crippen molar-refractivity contribution in [3.05, 3.63) is 23.7 Å². The standard InChI is InChI=1S/C9H11NO5/c10-8(13)3-6(12)9(14)7-2-1-5(4-11)15-7/h1-2,4,6,9,12,14H,3H2,(H2,10,13). The van der Waals surface area contributed by atoms with Crippen molar-refractivity contribution >= 4 is 12.2 Å². The minimum Gasteiger partial charge on any atom is -0.455 e. The van der Waals surface area contributed by atoms with Gasteiger partial charge in [-0.1, -0.05) is 0 Å². The Labute approximate surface area is 85.3 Å². The molecular weight excluding hydrogens is 202 g/mol. The molecular formula is C9H11NO5. The molecule has 0 radical (unpaired) electrons. The minimum atomic E-state index is -1.37. The van der Waals surface area contributed by atoms with Crippen molar-refractivity contribution in [2.45, 2.75) is 18.6 Å². The SMILES string of the molecule is NC(=O)CC(O)C(O)c1ccc(C=O)o1. The largest absolute Gasteiger partial charge is 0.455 e. The van der Waals surface area contributed by atoms with Crippen LogP contribution in [0.5, 0.6) is 0 Å². The number of aliphatic hydroxyl groups is 2. The molecule has 0 saturated heterocycles. The van der Waals surface area contributed by atoms with Crippen LogP contribution in [0.4, 0.5) is 0 Å². The highest BCUT2D eigenvalue weighted by Gasteiger charge is 2.23. The highest BCUT2D eigenvalue weighted by Crippen LogP contribution is 2.20. The van der Waals surface area contributed by atoms with Crippen LogP contribution in [0.3, 0.4) is 0 Å². The number of carbonyl (C=O) groups excluding carboxylic acids is 2. The summed E-state index contributed by atoms with van der Waals surface area (Å²) in [6.07, 6.45) is -2.62. The third-order valence-electron chi connectivity index (χ3n) is 1.83. The molecule has 82 valence electrons. The molecule has 15 heavy (non-hydrogen) atoms. The summed E-state index contributed by atoms with van der Waals surface area (Å²) in [7, 11) is 0. The normalized spacial score (nSPS) is 14.5. The molecule has 4 N–H and O–H groups in total. The number of rotatable bonds is 5. The molecule has 6 nitrogen and oxygen atoms in total. The molecule has 0 spiro atoms. The number of aldehydes is 1. The number of furan rings is 1. The van der Waals surface area contributed by atoms with E-state index in [1.165, 1.54) is 12.1 Å². The summed E-state index contributed by atoms with van der Waals surface area (Å²) in [5.41, 5.74) is 4.84. The summed E-state index contributed by atoms with van der Waals surface area (Å²) < 4.78 is 4.87. The molecule has 0 aliphatic heterocycles. The monoisotopic (exact) mass is 213 g/mol. The van der Waals surface area contributed by atoms with Crippen LogP contribution >= 0.6 is 0 Å². The van der Waals surface area contributed by atoms with E-state index in [9.17, 15) is 19.8 Å². The fourth-order valence-electron chi connectivity index (χ4n) is 1.10. The first-order valence-corrected chi connectivity index (χ1v) is 4.24. The molecule has 1 rings (SSSR count). The van der Waals surface area contributed by atoms with E-state index in [0.717, 1.165) is 0 Å². The topological polar surface area (TPSA) is 114 Å². The molecule has 1 aromatic heterocycles. The first-order valence-electron chi connectivity index (χ1n) is 4.24. The second kappa shape index (κ2) is 4.72. The van der Waals surface area contributed by atoms with Crippen LogP contribution in [-0.2, 0) is 4.79 Å². The second-order valence-corrected chi connectivity index (χ2v) is 3.04. The Bertz CT molecular complexity index is 359. The van der Waals surface area contributed by atoms with Gasteiger partial charge >= 0.3 is 0 Å². The van der Waals surface area contributed by atoms with Gasteiger partial charge in [0.1, 0.15) is 11.9 Å². The lowest BCUT2D eigenvalue weighted by molar-refractivity contribution is -0.122. The van der Waals surface area contributed by atoms with Gasteiger partial charge < -0.3 is 20.4 Å². The van der Waals surface area contributed by atoms with E-state index in [0.29, 0.717) is 6.29 Å². The summed E-state index contributed by atoms with van der Waals surface area (Å²) in [5, 5.41) is 18.8. The first-order chi connectivity index (χ1) is 7.04. The van der Waals surface area contributed by atoms with Crippen LogP contribution in [0.1, 0.15) is 28.8 Å². The fourth-order valence-corrected chi connectivity index (χ4v) is 1.10. The van der Waals surface area contributed by atoms with E-state index >= 15 is 0 Å². The number of amides is 1. The first kappa shape index (κ1) is 11.4. The molecule has 0 aromatic carbocycles. The Kier molecular flexibility index (Phi) is 3.59. The Morgan fingerprint density at radius 3 is 2.67 bits per heavy atom. The van der Waals surface area contributed by atoms with E-state index in [2.05, 4.69) is 0 Å². The average molecular weight is 213 g/mol. The fraction of sp³-hybridized carbons (Fsp3) is 0.333. The van der Waals surface area contributed by atoms with Gasteiger partial charge in [-0.25, -0.2) is 0 Å². The smallest absolute Gasteiger partial charge is 0.220 e. The van der Waals surface area contributed by atoms with Crippen molar-refractivity contribution < 1.29 is 24.2 Å². The van der Waals surface area contributed by atoms with E-state index < -0.39 is 18.1 Å². The minimum absolute atomic E-state index is 0.0193. The van der Waals surface area contributed by atoms with E-state index in [-0.39, 0.29) is 17.9 Å². The van der Waals surface area contributed by atoms with E-state index in [1.807, 2.05) is 0 Å². The maximum absolute atomic E-state index is 10.5. The van der Waals surface area contributed by atoms with E-state index in [1.54, 1.807) is 0 Å². The zero-order valence-electron chi connectivity index (χ0n) is 7.79. The van der Waals surface area contributed by atoms with Crippen LogP contribution in [-0.4, -0.2) is 28.5 Å². The molecule has 1 heterocycles. The van der Waals surface area contributed by atoms with Crippen molar-refractivity contribution in [3.8, 4) is 0 Å². The van der Waals surface area contributed by atoms with Gasteiger partial charge in [0.05, 0.1) is 12.5 Å².